The van der Waals surface area contributed by atoms with Gasteiger partial charge in [0.2, 0.25) is 5.91 Å². The lowest BCUT2D eigenvalue weighted by Gasteiger charge is -2.44. The third-order valence-corrected chi connectivity index (χ3v) is 7.96. The largest absolute Gasteiger partial charge is 0.460 e. The lowest BCUT2D eigenvalue weighted by atomic mass is 9.87. The molecule has 0 unspecified atom stereocenters. The predicted octanol–water partition coefficient (Wildman–Crippen LogP) is 7.45. The molecule has 48 heavy (non-hydrogen) atoms. The molecule has 0 aliphatic carbocycles. The van der Waals surface area contributed by atoms with E-state index < -0.39 is 102 Å². The SMILES string of the molecule is O=C(C1CCN(C(=O)C(F)(F)C(F)(F)C(F)(F)C(F)(F)C(F)(F)C(F)(F)C(F)(F)C(F)(F)C(F)(F)F)CC1)N1CCc2ccccc2C1. The zero-order valence-corrected chi connectivity index (χ0v) is 23.2. The van der Waals surface area contributed by atoms with Crippen molar-refractivity contribution in [1.82, 2.24) is 9.80 Å². The van der Waals surface area contributed by atoms with Crippen LogP contribution in [0.15, 0.2) is 24.3 Å². The first-order valence-corrected chi connectivity index (χ1v) is 13.1. The minimum absolute atomic E-state index is 0.0746. The quantitative estimate of drug-likeness (QED) is 0.247. The molecular weight excluding hydrogens is 721 g/mol. The first-order chi connectivity index (χ1) is 21.4. The van der Waals surface area contributed by atoms with Crippen LogP contribution < -0.4 is 0 Å². The molecule has 1 aromatic carbocycles. The lowest BCUT2D eigenvalue weighted by molar-refractivity contribution is -0.467. The van der Waals surface area contributed by atoms with Crippen molar-refractivity contribution in [1.29, 1.82) is 0 Å². The average molecular weight is 740 g/mol. The molecule has 2 heterocycles. The van der Waals surface area contributed by atoms with Crippen molar-refractivity contribution >= 4 is 11.8 Å². The normalized spacial score (nSPS) is 18.6. The van der Waals surface area contributed by atoms with Gasteiger partial charge in [-0.2, -0.15) is 83.4 Å². The molecule has 274 valence electrons. The number of alkyl halides is 19. The Kier molecular flexibility index (Phi) is 9.59. The first kappa shape index (κ1) is 39.3. The zero-order valence-electron chi connectivity index (χ0n) is 23.2. The molecule has 0 aromatic heterocycles. The summed E-state index contributed by atoms with van der Waals surface area (Å²) in [7, 11) is 0. The van der Waals surface area contributed by atoms with E-state index >= 15 is 0 Å². The van der Waals surface area contributed by atoms with Crippen molar-refractivity contribution in [2.24, 2.45) is 5.92 Å². The highest BCUT2D eigenvalue weighted by molar-refractivity contribution is 5.86. The van der Waals surface area contributed by atoms with Gasteiger partial charge >= 0.3 is 53.6 Å². The average Bonchev–Trinajstić information content (AvgIpc) is 2.98. The van der Waals surface area contributed by atoms with Crippen molar-refractivity contribution in [3.05, 3.63) is 35.4 Å². The highest BCUT2D eigenvalue weighted by Crippen LogP contribution is 2.65. The monoisotopic (exact) mass is 740 g/mol. The number of carbonyl (C=O) groups excluding carboxylic acids is 2. The van der Waals surface area contributed by atoms with Gasteiger partial charge in [-0.15, -0.1) is 0 Å². The molecule has 1 aromatic rings. The maximum absolute atomic E-state index is 14.5. The van der Waals surface area contributed by atoms with Gasteiger partial charge < -0.3 is 9.80 Å². The van der Waals surface area contributed by atoms with E-state index in [-0.39, 0.29) is 13.1 Å². The van der Waals surface area contributed by atoms with Crippen LogP contribution in [0.3, 0.4) is 0 Å². The molecule has 3 rings (SSSR count). The van der Waals surface area contributed by atoms with Gasteiger partial charge in [-0.3, -0.25) is 9.59 Å². The van der Waals surface area contributed by atoms with Gasteiger partial charge in [0.05, 0.1) is 0 Å². The fraction of sp³-hybridized carbons (Fsp3) is 0.680. The second-order valence-corrected chi connectivity index (χ2v) is 10.9. The van der Waals surface area contributed by atoms with Gasteiger partial charge in [-0.05, 0) is 30.4 Å². The van der Waals surface area contributed by atoms with Gasteiger partial charge in [0, 0.05) is 32.1 Å². The van der Waals surface area contributed by atoms with Gasteiger partial charge in [0.15, 0.2) is 0 Å². The molecule has 0 spiro atoms. The summed E-state index contributed by atoms with van der Waals surface area (Å²) in [5, 5.41) is 0. The number of hydrogen-bond donors (Lipinski definition) is 0. The van der Waals surface area contributed by atoms with E-state index in [1.807, 2.05) is 0 Å². The molecule has 2 aliphatic heterocycles. The van der Waals surface area contributed by atoms with Crippen molar-refractivity contribution in [2.45, 2.75) is 79.4 Å². The molecule has 23 heteroatoms. The smallest absolute Gasteiger partial charge is 0.338 e. The summed E-state index contributed by atoms with van der Waals surface area (Å²) < 4.78 is 258. The van der Waals surface area contributed by atoms with Crippen LogP contribution >= 0.6 is 0 Å². The molecule has 0 bridgehead atoms. The first-order valence-electron chi connectivity index (χ1n) is 13.1. The molecule has 0 saturated carbocycles. The van der Waals surface area contributed by atoms with Gasteiger partial charge in [-0.25, -0.2) is 0 Å². The number of halogens is 19. The molecule has 0 N–H and O–H groups in total. The lowest BCUT2D eigenvalue weighted by Crippen LogP contribution is -2.76. The molecular formula is C25H19F19N2O2. The van der Waals surface area contributed by atoms with E-state index in [0.29, 0.717) is 6.42 Å². The van der Waals surface area contributed by atoms with Crippen LogP contribution in [0.1, 0.15) is 24.0 Å². The molecule has 4 nitrogen and oxygen atoms in total. The van der Waals surface area contributed by atoms with Crippen molar-refractivity contribution in [3.8, 4) is 0 Å². The second kappa shape index (κ2) is 11.7. The van der Waals surface area contributed by atoms with Crippen LogP contribution in [-0.2, 0) is 22.6 Å². The van der Waals surface area contributed by atoms with Gasteiger partial charge in [0.25, 0.3) is 5.91 Å². The number of nitrogens with zero attached hydrogens (tertiary/aromatic N) is 2. The Morgan fingerprint density at radius 1 is 0.521 bits per heavy atom. The van der Waals surface area contributed by atoms with Gasteiger partial charge in [0.1, 0.15) is 0 Å². The van der Waals surface area contributed by atoms with Crippen LogP contribution in [-0.4, -0.2) is 94.8 Å². The summed E-state index contributed by atoms with van der Waals surface area (Å²) in [6.45, 7) is -2.07. The summed E-state index contributed by atoms with van der Waals surface area (Å²) in [5.74, 6) is -73.7. The highest BCUT2D eigenvalue weighted by atomic mass is 19.4. The summed E-state index contributed by atoms with van der Waals surface area (Å²) in [5.41, 5.74) is 1.62. The topological polar surface area (TPSA) is 40.6 Å². The number of piperidine rings is 1. The molecule has 1 fully saturated rings. The standard InChI is InChI=1S/C25H19F19N2O2/c26-17(27,16(48)45-8-6-13(7-9-45)15(47)46-10-5-12-3-1-2-4-14(12)11-46)18(28,29)19(30,31)20(32,33)21(34,35)22(36,37)23(38,39)24(40,41)25(42,43)44/h1-4,13H,5-11H2. The van der Waals surface area contributed by atoms with Crippen LogP contribution in [0.2, 0.25) is 0 Å². The number of hydrogen-bond acceptors (Lipinski definition) is 2. The molecule has 2 amide bonds. The van der Waals surface area contributed by atoms with E-state index in [0.717, 1.165) is 11.1 Å². The maximum atomic E-state index is 14.5. The third-order valence-electron chi connectivity index (χ3n) is 7.96. The van der Waals surface area contributed by atoms with E-state index in [4.69, 9.17) is 0 Å². The number of rotatable bonds is 9. The van der Waals surface area contributed by atoms with E-state index in [1.165, 1.54) is 4.90 Å². The van der Waals surface area contributed by atoms with Crippen molar-refractivity contribution < 1.29 is 93.0 Å². The minimum atomic E-state index is -9.06. The van der Waals surface area contributed by atoms with E-state index in [9.17, 15) is 93.0 Å². The fourth-order valence-electron chi connectivity index (χ4n) is 4.97. The molecule has 2 aliphatic rings. The number of likely N-dealkylation sites (tertiary alicyclic amines) is 1. The molecule has 0 atom stereocenters. The van der Waals surface area contributed by atoms with E-state index in [2.05, 4.69) is 0 Å². The number of benzene rings is 1. The molecule has 0 radical (unpaired) electrons. The predicted molar refractivity (Wildman–Crippen MR) is 120 cm³/mol. The second-order valence-electron chi connectivity index (χ2n) is 10.9. The van der Waals surface area contributed by atoms with Crippen LogP contribution in [0.4, 0.5) is 83.4 Å². The Hall–Kier alpha value is -3.17. The summed E-state index contributed by atoms with van der Waals surface area (Å²) in [6, 6.07) is 6.82. The fourth-order valence-corrected chi connectivity index (χ4v) is 4.97. The maximum Gasteiger partial charge on any atom is 0.460 e. The number of amides is 2. The summed E-state index contributed by atoms with van der Waals surface area (Å²) >= 11 is 0. The summed E-state index contributed by atoms with van der Waals surface area (Å²) in [4.78, 5) is 25.9. The van der Waals surface area contributed by atoms with Crippen LogP contribution in [0.5, 0.6) is 0 Å². The van der Waals surface area contributed by atoms with Crippen LogP contribution in [0.25, 0.3) is 0 Å². The minimum Gasteiger partial charge on any atom is -0.338 e. The third kappa shape index (κ3) is 5.49. The Bertz CT molecular complexity index is 1380. The van der Waals surface area contributed by atoms with Crippen molar-refractivity contribution in [3.63, 3.8) is 0 Å². The van der Waals surface area contributed by atoms with E-state index in [1.54, 1.807) is 24.3 Å². The summed E-state index contributed by atoms with van der Waals surface area (Å²) in [6.07, 6.45) is -8.85. The van der Waals surface area contributed by atoms with Crippen LogP contribution in [0, 0.1) is 5.92 Å². The Labute approximate surface area is 255 Å². The Morgan fingerprint density at radius 2 is 0.917 bits per heavy atom. The van der Waals surface area contributed by atoms with Gasteiger partial charge in [-0.1, -0.05) is 24.3 Å². The Balaban J connectivity index is 1.83. The number of fused-ring (bicyclic) bond motifs is 1. The Morgan fingerprint density at radius 3 is 1.35 bits per heavy atom. The highest BCUT2D eigenvalue weighted by Gasteiger charge is 2.97. The molecule has 1 saturated heterocycles. The number of carbonyl (C=O) groups is 2. The zero-order chi connectivity index (χ0) is 37.3. The van der Waals surface area contributed by atoms with Crippen molar-refractivity contribution in [2.75, 3.05) is 19.6 Å².